The number of thiophene rings is 1. The van der Waals surface area contributed by atoms with E-state index < -0.39 is 16.8 Å². The standard InChI is InChI=1S/C19H17N3O5S2/c1-11-8-12(2)18-14(9-11)29-19(21(18)10-17(24)27-3)20-15(23)6-4-13-5-7-16(28-13)22(25)26/h4-9H,10H2,1-3H3. The molecular weight excluding hydrogens is 414 g/mol. The maximum Gasteiger partial charge on any atom is 0.325 e. The summed E-state index contributed by atoms with van der Waals surface area (Å²) in [5, 5.41) is 10.7. The molecule has 0 aliphatic rings. The minimum absolute atomic E-state index is 0.000286. The molecule has 3 rings (SSSR count). The Labute approximate surface area is 173 Å². The van der Waals surface area contributed by atoms with Crippen LogP contribution in [-0.2, 0) is 20.9 Å². The second-order valence-electron chi connectivity index (χ2n) is 6.19. The minimum atomic E-state index is -0.527. The molecule has 0 unspecified atom stereocenters. The molecule has 2 heterocycles. The number of amides is 1. The molecule has 2 aromatic heterocycles. The lowest BCUT2D eigenvalue weighted by Gasteiger charge is -2.06. The van der Waals surface area contributed by atoms with Gasteiger partial charge in [-0.15, -0.1) is 0 Å². The molecule has 1 amide bonds. The Morgan fingerprint density at radius 2 is 2.03 bits per heavy atom. The number of benzene rings is 1. The number of nitro groups is 1. The first-order valence-electron chi connectivity index (χ1n) is 8.47. The third-order valence-corrected chi connectivity index (χ3v) is 6.04. The maximum absolute atomic E-state index is 12.4. The monoisotopic (exact) mass is 431 g/mol. The predicted octanol–water partition coefficient (Wildman–Crippen LogP) is 3.60. The van der Waals surface area contributed by atoms with Gasteiger partial charge in [-0.2, -0.15) is 4.99 Å². The van der Waals surface area contributed by atoms with E-state index in [4.69, 9.17) is 4.74 Å². The molecule has 1 aromatic carbocycles. The van der Waals surface area contributed by atoms with Gasteiger partial charge in [0.2, 0.25) is 0 Å². The molecule has 0 atom stereocenters. The van der Waals surface area contributed by atoms with E-state index in [1.807, 2.05) is 26.0 Å². The molecule has 0 radical (unpaired) electrons. The summed E-state index contributed by atoms with van der Waals surface area (Å²) >= 11 is 2.28. The number of hydrogen-bond donors (Lipinski definition) is 0. The summed E-state index contributed by atoms with van der Waals surface area (Å²) in [5.74, 6) is -0.972. The summed E-state index contributed by atoms with van der Waals surface area (Å²) in [6.45, 7) is 3.85. The zero-order valence-electron chi connectivity index (χ0n) is 15.9. The Balaban J connectivity index is 2.01. The van der Waals surface area contributed by atoms with Gasteiger partial charge in [0.1, 0.15) is 6.54 Å². The van der Waals surface area contributed by atoms with Crippen LogP contribution in [0, 0.1) is 24.0 Å². The van der Waals surface area contributed by atoms with Gasteiger partial charge in [0.25, 0.3) is 5.91 Å². The predicted molar refractivity (Wildman–Crippen MR) is 112 cm³/mol. The molecule has 0 N–H and O–H groups in total. The Hall–Kier alpha value is -3.11. The summed E-state index contributed by atoms with van der Waals surface area (Å²) in [6, 6.07) is 6.92. The second-order valence-corrected chi connectivity index (χ2v) is 8.29. The van der Waals surface area contributed by atoms with E-state index in [1.165, 1.54) is 36.7 Å². The molecule has 10 heteroatoms. The van der Waals surface area contributed by atoms with E-state index in [9.17, 15) is 19.7 Å². The van der Waals surface area contributed by atoms with Crippen molar-refractivity contribution in [3.8, 4) is 0 Å². The van der Waals surface area contributed by atoms with Gasteiger partial charge in [0.05, 0.1) is 22.2 Å². The van der Waals surface area contributed by atoms with Gasteiger partial charge in [-0.3, -0.25) is 19.7 Å². The number of carbonyl (C=O) groups is 2. The van der Waals surface area contributed by atoms with Gasteiger partial charge in [-0.25, -0.2) is 0 Å². The molecule has 0 saturated carbocycles. The SMILES string of the molecule is COC(=O)Cn1c(=NC(=O)C=Cc2ccc([N+](=O)[O-])s2)sc2cc(C)cc(C)c21. The Kier molecular flexibility index (Phi) is 6.04. The number of methoxy groups -OCH3 is 1. The van der Waals surface area contributed by atoms with E-state index in [0.29, 0.717) is 9.68 Å². The van der Waals surface area contributed by atoms with E-state index >= 15 is 0 Å². The smallest absolute Gasteiger partial charge is 0.325 e. The van der Waals surface area contributed by atoms with Crippen molar-refractivity contribution in [1.29, 1.82) is 0 Å². The van der Waals surface area contributed by atoms with Crippen molar-refractivity contribution in [2.75, 3.05) is 7.11 Å². The fraction of sp³-hybridized carbons (Fsp3) is 0.211. The first-order valence-corrected chi connectivity index (χ1v) is 10.1. The lowest BCUT2D eigenvalue weighted by Crippen LogP contribution is -2.22. The highest BCUT2D eigenvalue weighted by Crippen LogP contribution is 2.25. The highest BCUT2D eigenvalue weighted by molar-refractivity contribution is 7.16. The van der Waals surface area contributed by atoms with Crippen LogP contribution >= 0.6 is 22.7 Å². The second kappa shape index (κ2) is 8.50. The minimum Gasteiger partial charge on any atom is -0.468 e. The van der Waals surface area contributed by atoms with Crippen molar-refractivity contribution >= 4 is 55.8 Å². The number of aromatic nitrogens is 1. The zero-order valence-corrected chi connectivity index (χ0v) is 17.5. The van der Waals surface area contributed by atoms with E-state index in [-0.39, 0.29) is 11.5 Å². The molecule has 0 aliphatic heterocycles. The van der Waals surface area contributed by atoms with Gasteiger partial charge in [0, 0.05) is 17.0 Å². The molecule has 0 aliphatic carbocycles. The average molecular weight is 431 g/mol. The van der Waals surface area contributed by atoms with Crippen LogP contribution < -0.4 is 4.80 Å². The van der Waals surface area contributed by atoms with Crippen molar-refractivity contribution in [2.24, 2.45) is 4.99 Å². The van der Waals surface area contributed by atoms with Crippen molar-refractivity contribution in [1.82, 2.24) is 4.57 Å². The fourth-order valence-electron chi connectivity index (χ4n) is 2.83. The van der Waals surface area contributed by atoms with Crippen LogP contribution in [0.1, 0.15) is 16.0 Å². The van der Waals surface area contributed by atoms with Crippen LogP contribution in [0.5, 0.6) is 0 Å². The van der Waals surface area contributed by atoms with Crippen LogP contribution in [0.3, 0.4) is 0 Å². The first kappa shape index (κ1) is 20.6. The highest BCUT2D eigenvalue weighted by Gasteiger charge is 2.14. The molecule has 0 bridgehead atoms. The Morgan fingerprint density at radius 3 is 2.69 bits per heavy atom. The van der Waals surface area contributed by atoms with Gasteiger partial charge < -0.3 is 9.30 Å². The topological polar surface area (TPSA) is 104 Å². The van der Waals surface area contributed by atoms with Gasteiger partial charge >= 0.3 is 11.0 Å². The lowest BCUT2D eigenvalue weighted by atomic mass is 10.1. The van der Waals surface area contributed by atoms with Crippen LogP contribution in [0.15, 0.2) is 35.3 Å². The number of hydrogen-bond acceptors (Lipinski definition) is 7. The Morgan fingerprint density at radius 1 is 1.28 bits per heavy atom. The zero-order chi connectivity index (χ0) is 21.1. The van der Waals surface area contributed by atoms with Crippen LogP contribution in [-0.4, -0.2) is 28.5 Å². The molecule has 0 fully saturated rings. The van der Waals surface area contributed by atoms with Crippen LogP contribution in [0.4, 0.5) is 5.00 Å². The number of fused-ring (bicyclic) bond motifs is 1. The quantitative estimate of drug-likeness (QED) is 0.266. The van der Waals surface area contributed by atoms with Crippen LogP contribution in [0.2, 0.25) is 0 Å². The summed E-state index contributed by atoms with van der Waals surface area (Å²) in [7, 11) is 1.30. The largest absolute Gasteiger partial charge is 0.468 e. The van der Waals surface area contributed by atoms with E-state index in [0.717, 1.165) is 32.7 Å². The summed E-state index contributed by atoms with van der Waals surface area (Å²) in [5.41, 5.74) is 2.87. The Bertz CT molecular complexity index is 1220. The van der Waals surface area contributed by atoms with Gasteiger partial charge in [-0.1, -0.05) is 28.7 Å². The molecule has 29 heavy (non-hydrogen) atoms. The third-order valence-electron chi connectivity index (χ3n) is 4.02. The van der Waals surface area contributed by atoms with E-state index in [2.05, 4.69) is 4.99 Å². The number of carbonyl (C=O) groups excluding carboxylic acids is 2. The number of esters is 1. The molecule has 8 nitrogen and oxygen atoms in total. The number of aryl methyl sites for hydroxylation is 2. The number of ether oxygens (including phenoxy) is 1. The van der Waals surface area contributed by atoms with Gasteiger partial charge in [-0.05, 0) is 43.2 Å². The highest BCUT2D eigenvalue weighted by atomic mass is 32.1. The number of thiazole rings is 1. The maximum atomic E-state index is 12.4. The van der Waals surface area contributed by atoms with Gasteiger partial charge in [0.15, 0.2) is 4.80 Å². The molecule has 3 aromatic rings. The summed E-state index contributed by atoms with van der Waals surface area (Å²) < 4.78 is 7.36. The number of nitrogens with zero attached hydrogens (tertiary/aromatic N) is 3. The molecule has 0 spiro atoms. The summed E-state index contributed by atoms with van der Waals surface area (Å²) in [6.07, 6.45) is 2.73. The van der Waals surface area contributed by atoms with Crippen molar-refractivity contribution in [2.45, 2.75) is 20.4 Å². The fourth-order valence-corrected chi connectivity index (χ4v) is 4.77. The number of rotatable bonds is 5. The van der Waals surface area contributed by atoms with Crippen molar-refractivity contribution in [3.05, 3.63) is 61.3 Å². The molecular formula is C19H17N3O5S2. The average Bonchev–Trinajstić information content (AvgIpc) is 3.25. The van der Waals surface area contributed by atoms with Crippen molar-refractivity contribution < 1.29 is 19.2 Å². The van der Waals surface area contributed by atoms with Crippen LogP contribution in [0.25, 0.3) is 16.3 Å². The summed E-state index contributed by atoms with van der Waals surface area (Å²) in [4.78, 5) is 39.6. The molecule has 150 valence electrons. The first-order chi connectivity index (χ1) is 13.8. The normalized spacial score (nSPS) is 12.0. The van der Waals surface area contributed by atoms with E-state index in [1.54, 1.807) is 10.6 Å². The van der Waals surface area contributed by atoms with Crippen molar-refractivity contribution in [3.63, 3.8) is 0 Å². The lowest BCUT2D eigenvalue weighted by molar-refractivity contribution is -0.380. The molecule has 0 saturated heterocycles. The third kappa shape index (κ3) is 4.66.